The number of benzene rings is 2. The van der Waals surface area contributed by atoms with Gasteiger partial charge in [0.2, 0.25) is 0 Å². The first-order valence-electron chi connectivity index (χ1n) is 10.1. The molecule has 0 radical (unpaired) electrons. The summed E-state index contributed by atoms with van der Waals surface area (Å²) >= 11 is 6.27. The van der Waals surface area contributed by atoms with Crippen molar-refractivity contribution in [2.45, 2.75) is 19.8 Å². The van der Waals surface area contributed by atoms with Crippen molar-refractivity contribution in [3.8, 4) is 17.6 Å². The second-order valence-electron chi connectivity index (χ2n) is 6.64. The van der Waals surface area contributed by atoms with Crippen LogP contribution in [0.5, 0.6) is 11.5 Å². The quantitative estimate of drug-likeness (QED) is 0.238. The van der Waals surface area contributed by atoms with E-state index in [-0.39, 0.29) is 35.3 Å². The molecule has 0 atom stereocenters. The third-order valence-corrected chi connectivity index (χ3v) is 4.62. The van der Waals surface area contributed by atoms with Gasteiger partial charge in [-0.15, -0.1) is 0 Å². The van der Waals surface area contributed by atoms with Crippen LogP contribution in [0.1, 0.15) is 24.5 Å². The van der Waals surface area contributed by atoms with Gasteiger partial charge in [-0.25, -0.2) is 4.79 Å². The Labute approximate surface area is 192 Å². The van der Waals surface area contributed by atoms with Crippen molar-refractivity contribution in [3.63, 3.8) is 0 Å². The Morgan fingerprint density at radius 3 is 2.62 bits per heavy atom. The fourth-order valence-corrected chi connectivity index (χ4v) is 3.12. The summed E-state index contributed by atoms with van der Waals surface area (Å²) in [6.45, 7) is 2.05. The monoisotopic (exact) mass is 456 g/mol. The predicted molar refractivity (Wildman–Crippen MR) is 121 cm³/mol. The normalized spacial score (nSPS) is 10.8. The van der Waals surface area contributed by atoms with Gasteiger partial charge in [-0.05, 0) is 49.1 Å². The fraction of sp³-hybridized carbons (Fsp3) is 0.292. The molecule has 0 saturated carbocycles. The molecule has 0 bridgehead atoms. The van der Waals surface area contributed by atoms with E-state index in [1.807, 2.05) is 36.4 Å². The zero-order chi connectivity index (χ0) is 23.3. The molecule has 0 aliphatic rings. The average Bonchev–Trinajstić information content (AvgIpc) is 2.80. The van der Waals surface area contributed by atoms with E-state index in [2.05, 4.69) is 5.32 Å². The second-order valence-corrected chi connectivity index (χ2v) is 7.05. The number of nitrogens with zero attached hydrogens (tertiary/aromatic N) is 1. The van der Waals surface area contributed by atoms with Gasteiger partial charge in [-0.2, -0.15) is 5.26 Å². The van der Waals surface area contributed by atoms with Gasteiger partial charge in [0.05, 0.1) is 18.7 Å². The van der Waals surface area contributed by atoms with Crippen molar-refractivity contribution in [1.82, 2.24) is 5.32 Å². The first kappa shape index (κ1) is 24.8. The smallest absolute Gasteiger partial charge is 0.344 e. The van der Waals surface area contributed by atoms with Crippen LogP contribution in [0.25, 0.3) is 6.08 Å². The molecule has 0 spiro atoms. The average molecular weight is 457 g/mol. The Balaban J connectivity index is 2.03. The number of aryl methyl sites for hydroxylation is 1. The number of carbonyl (C=O) groups is 2. The van der Waals surface area contributed by atoms with Gasteiger partial charge in [-0.1, -0.05) is 41.9 Å². The zero-order valence-corrected chi connectivity index (χ0v) is 18.8. The van der Waals surface area contributed by atoms with Gasteiger partial charge >= 0.3 is 5.97 Å². The number of esters is 1. The van der Waals surface area contributed by atoms with E-state index in [9.17, 15) is 14.9 Å². The summed E-state index contributed by atoms with van der Waals surface area (Å²) in [5, 5.41) is 12.3. The lowest BCUT2D eigenvalue weighted by Crippen LogP contribution is -2.25. The maximum atomic E-state index is 12.4. The highest BCUT2D eigenvalue weighted by atomic mass is 35.5. The molecule has 2 aromatic carbocycles. The molecular formula is C24H25ClN2O5. The van der Waals surface area contributed by atoms with E-state index >= 15 is 0 Å². The number of halogens is 1. The van der Waals surface area contributed by atoms with Crippen LogP contribution in [-0.2, 0) is 20.7 Å². The van der Waals surface area contributed by atoms with Crippen LogP contribution in [0.3, 0.4) is 0 Å². The van der Waals surface area contributed by atoms with Gasteiger partial charge in [0.15, 0.2) is 18.1 Å². The lowest BCUT2D eigenvalue weighted by Gasteiger charge is -2.13. The van der Waals surface area contributed by atoms with Crippen LogP contribution in [0, 0.1) is 11.3 Å². The van der Waals surface area contributed by atoms with Gasteiger partial charge < -0.3 is 19.5 Å². The molecule has 168 valence electrons. The molecule has 0 aliphatic carbocycles. The van der Waals surface area contributed by atoms with Crippen LogP contribution in [0.4, 0.5) is 0 Å². The Morgan fingerprint density at radius 1 is 1.22 bits per heavy atom. The fourth-order valence-electron chi connectivity index (χ4n) is 2.85. The van der Waals surface area contributed by atoms with Crippen molar-refractivity contribution >= 4 is 29.6 Å². The summed E-state index contributed by atoms with van der Waals surface area (Å²) in [5.74, 6) is -0.583. The van der Waals surface area contributed by atoms with Crippen LogP contribution >= 0.6 is 11.6 Å². The van der Waals surface area contributed by atoms with Gasteiger partial charge in [0, 0.05) is 6.54 Å². The number of rotatable bonds is 11. The topological polar surface area (TPSA) is 97.7 Å². The summed E-state index contributed by atoms with van der Waals surface area (Å²) < 4.78 is 15.5. The van der Waals surface area contributed by atoms with E-state index in [1.54, 1.807) is 13.0 Å². The summed E-state index contributed by atoms with van der Waals surface area (Å²) in [6, 6.07) is 14.9. The standard InChI is InChI=1S/C24H25ClN2O5/c1-3-31-22(28)16-32-23-20(25)13-18(14-21(23)30-2)12-19(15-26)24(29)27-11-7-10-17-8-5-4-6-9-17/h4-6,8-9,12-14H,3,7,10-11,16H2,1-2H3,(H,27,29)/b19-12-. The minimum absolute atomic E-state index is 0.0666. The molecule has 0 aliphatic heterocycles. The number of ether oxygens (including phenoxy) is 3. The van der Waals surface area contributed by atoms with E-state index in [0.29, 0.717) is 12.1 Å². The molecule has 0 heterocycles. The van der Waals surface area contributed by atoms with E-state index in [0.717, 1.165) is 12.8 Å². The Morgan fingerprint density at radius 2 is 1.97 bits per heavy atom. The number of methoxy groups -OCH3 is 1. The van der Waals surface area contributed by atoms with Crippen LogP contribution < -0.4 is 14.8 Å². The molecule has 0 saturated heterocycles. The van der Waals surface area contributed by atoms with Crippen molar-refractivity contribution in [2.75, 3.05) is 26.9 Å². The number of amides is 1. The molecule has 1 N–H and O–H groups in total. The SMILES string of the molecule is CCOC(=O)COc1c(Cl)cc(/C=C(/C#N)C(=O)NCCCc2ccccc2)cc1OC. The molecule has 7 nitrogen and oxygen atoms in total. The van der Waals surface area contributed by atoms with Crippen molar-refractivity contribution in [3.05, 3.63) is 64.2 Å². The highest BCUT2D eigenvalue weighted by molar-refractivity contribution is 6.32. The summed E-state index contributed by atoms with van der Waals surface area (Å²) in [5.41, 5.74) is 1.60. The molecular weight excluding hydrogens is 432 g/mol. The van der Waals surface area contributed by atoms with E-state index in [4.69, 9.17) is 25.8 Å². The molecule has 2 rings (SSSR count). The molecule has 0 aromatic heterocycles. The highest BCUT2D eigenvalue weighted by Crippen LogP contribution is 2.37. The lowest BCUT2D eigenvalue weighted by atomic mass is 10.1. The van der Waals surface area contributed by atoms with Crippen molar-refractivity contribution < 1.29 is 23.8 Å². The van der Waals surface area contributed by atoms with E-state index < -0.39 is 11.9 Å². The Kier molecular flexibility index (Phi) is 10.1. The molecule has 0 unspecified atom stereocenters. The lowest BCUT2D eigenvalue weighted by molar-refractivity contribution is -0.145. The van der Waals surface area contributed by atoms with Gasteiger partial charge in [-0.3, -0.25) is 4.79 Å². The molecule has 1 amide bonds. The maximum absolute atomic E-state index is 12.4. The van der Waals surface area contributed by atoms with E-state index in [1.165, 1.54) is 24.8 Å². The number of hydrogen-bond donors (Lipinski definition) is 1. The number of nitriles is 1. The van der Waals surface area contributed by atoms with Crippen molar-refractivity contribution in [2.24, 2.45) is 0 Å². The number of nitrogens with one attached hydrogen (secondary N) is 1. The predicted octanol–water partition coefficient (Wildman–Crippen LogP) is 3.95. The van der Waals surface area contributed by atoms with Crippen LogP contribution in [-0.4, -0.2) is 38.7 Å². The second kappa shape index (κ2) is 13.0. The van der Waals surface area contributed by atoms with Gasteiger partial charge in [0.25, 0.3) is 5.91 Å². The maximum Gasteiger partial charge on any atom is 0.344 e. The third-order valence-electron chi connectivity index (χ3n) is 4.34. The first-order chi connectivity index (χ1) is 15.5. The minimum Gasteiger partial charge on any atom is -0.493 e. The zero-order valence-electron chi connectivity index (χ0n) is 18.0. The highest BCUT2D eigenvalue weighted by Gasteiger charge is 2.15. The molecule has 8 heteroatoms. The number of carbonyl (C=O) groups excluding carboxylic acids is 2. The summed E-state index contributed by atoms with van der Waals surface area (Å²) in [6.07, 6.45) is 2.99. The van der Waals surface area contributed by atoms with Crippen LogP contribution in [0.15, 0.2) is 48.0 Å². The summed E-state index contributed by atoms with van der Waals surface area (Å²) in [7, 11) is 1.42. The van der Waals surface area contributed by atoms with Crippen molar-refractivity contribution in [1.29, 1.82) is 5.26 Å². The molecule has 2 aromatic rings. The first-order valence-corrected chi connectivity index (χ1v) is 10.5. The summed E-state index contributed by atoms with van der Waals surface area (Å²) in [4.78, 5) is 23.9. The molecule has 32 heavy (non-hydrogen) atoms. The van der Waals surface area contributed by atoms with Crippen LogP contribution in [0.2, 0.25) is 5.02 Å². The Bertz CT molecular complexity index is 999. The van der Waals surface area contributed by atoms with Gasteiger partial charge in [0.1, 0.15) is 11.6 Å². The number of hydrogen-bond acceptors (Lipinski definition) is 6. The molecule has 0 fully saturated rings. The minimum atomic E-state index is -0.537. The third kappa shape index (κ3) is 7.64. The largest absolute Gasteiger partial charge is 0.493 e. The Hall–Kier alpha value is -3.50.